The maximum absolute atomic E-state index is 12.9. The normalized spacial score (nSPS) is 14.8. The third-order valence-electron chi connectivity index (χ3n) is 5.25. The van der Waals surface area contributed by atoms with E-state index in [1.807, 2.05) is 31.2 Å². The number of carbonyl (C=O) groups excluding carboxylic acids is 2. The maximum Gasteiger partial charge on any atom is 0.339 e. The molecule has 192 valence electrons. The van der Waals surface area contributed by atoms with Crippen LogP contribution in [0.5, 0.6) is 17.2 Å². The van der Waals surface area contributed by atoms with Gasteiger partial charge in [0.2, 0.25) is 5.75 Å². The van der Waals surface area contributed by atoms with E-state index in [0.29, 0.717) is 11.3 Å². The Morgan fingerprint density at radius 2 is 1.73 bits per heavy atom. The molecule has 37 heavy (non-hydrogen) atoms. The van der Waals surface area contributed by atoms with Crippen LogP contribution < -0.4 is 13.7 Å². The van der Waals surface area contributed by atoms with E-state index in [1.54, 1.807) is 18.2 Å². The van der Waals surface area contributed by atoms with Crippen LogP contribution >= 0.6 is 23.4 Å². The molecule has 0 N–H and O–H groups in total. The summed E-state index contributed by atoms with van der Waals surface area (Å²) in [7, 11) is -2.83. The van der Waals surface area contributed by atoms with Gasteiger partial charge in [-0.2, -0.15) is 8.42 Å². The lowest BCUT2D eigenvalue weighted by Gasteiger charge is -2.14. The number of thioether (sulfide) groups is 1. The summed E-state index contributed by atoms with van der Waals surface area (Å²) in [5, 5.41) is -0.466. The molecule has 1 fully saturated rings. The summed E-state index contributed by atoms with van der Waals surface area (Å²) >= 11 is 7.13. The first-order chi connectivity index (χ1) is 17.7. The zero-order valence-electron chi connectivity index (χ0n) is 19.8. The van der Waals surface area contributed by atoms with Crippen molar-refractivity contribution in [2.75, 3.05) is 20.3 Å². The van der Waals surface area contributed by atoms with Gasteiger partial charge in [-0.15, -0.1) is 0 Å². The van der Waals surface area contributed by atoms with Crippen molar-refractivity contribution in [1.82, 2.24) is 4.90 Å². The van der Waals surface area contributed by atoms with Gasteiger partial charge >= 0.3 is 10.1 Å². The SMILES string of the molecule is COc1cc(/C=C2\SC(=O)N(CCOc3ccc(C)cc3)C2=O)cc(Cl)c1OS(=O)(=O)c1ccccc1. The van der Waals surface area contributed by atoms with Gasteiger partial charge in [0.25, 0.3) is 11.1 Å². The van der Waals surface area contributed by atoms with Crippen LogP contribution in [-0.4, -0.2) is 44.7 Å². The molecule has 3 aromatic carbocycles. The number of hydrogen-bond acceptors (Lipinski definition) is 8. The number of halogens is 1. The average Bonchev–Trinajstić information content (AvgIpc) is 3.14. The van der Waals surface area contributed by atoms with Gasteiger partial charge in [0.15, 0.2) is 5.75 Å². The minimum absolute atomic E-state index is 0.0442. The van der Waals surface area contributed by atoms with E-state index in [1.165, 1.54) is 37.5 Å². The monoisotopic (exact) mass is 559 g/mol. The zero-order chi connectivity index (χ0) is 26.6. The maximum atomic E-state index is 12.9. The number of ether oxygens (including phenoxy) is 2. The van der Waals surface area contributed by atoms with Crippen molar-refractivity contribution in [3.05, 3.63) is 87.8 Å². The number of hydrogen-bond donors (Lipinski definition) is 0. The van der Waals surface area contributed by atoms with Crippen molar-refractivity contribution >= 4 is 50.7 Å². The van der Waals surface area contributed by atoms with Crippen molar-refractivity contribution in [2.45, 2.75) is 11.8 Å². The van der Waals surface area contributed by atoms with Gasteiger partial charge in [-0.1, -0.05) is 47.5 Å². The van der Waals surface area contributed by atoms with E-state index in [-0.39, 0.29) is 39.5 Å². The molecular weight excluding hydrogens is 538 g/mol. The molecule has 0 bridgehead atoms. The second kappa shape index (κ2) is 11.3. The van der Waals surface area contributed by atoms with Crippen LogP contribution in [0.1, 0.15) is 11.1 Å². The molecule has 11 heteroatoms. The summed E-state index contributed by atoms with van der Waals surface area (Å²) in [6.07, 6.45) is 1.48. The fourth-order valence-electron chi connectivity index (χ4n) is 3.38. The molecule has 0 unspecified atom stereocenters. The third-order valence-corrected chi connectivity index (χ3v) is 7.68. The Morgan fingerprint density at radius 3 is 2.41 bits per heavy atom. The quantitative estimate of drug-likeness (QED) is 0.249. The van der Waals surface area contributed by atoms with Gasteiger partial charge in [-0.05, 0) is 66.7 Å². The largest absolute Gasteiger partial charge is 0.493 e. The van der Waals surface area contributed by atoms with Crippen LogP contribution in [0.25, 0.3) is 6.08 Å². The first kappa shape index (κ1) is 26.6. The average molecular weight is 560 g/mol. The summed E-state index contributed by atoms with van der Waals surface area (Å²) in [4.78, 5) is 26.5. The molecule has 2 amide bonds. The van der Waals surface area contributed by atoms with Crippen LogP contribution in [0.3, 0.4) is 0 Å². The molecule has 0 atom stereocenters. The molecule has 0 saturated carbocycles. The highest BCUT2D eigenvalue weighted by Crippen LogP contribution is 2.40. The lowest BCUT2D eigenvalue weighted by molar-refractivity contribution is -0.123. The molecule has 8 nitrogen and oxygen atoms in total. The molecule has 1 aliphatic rings. The Labute approximate surface area is 223 Å². The number of methoxy groups -OCH3 is 1. The summed E-state index contributed by atoms with van der Waals surface area (Å²) < 4.78 is 41.5. The van der Waals surface area contributed by atoms with E-state index in [0.717, 1.165) is 22.2 Å². The second-order valence-corrected chi connectivity index (χ2v) is 10.8. The number of carbonyl (C=O) groups is 2. The fraction of sp³-hybridized carbons (Fsp3) is 0.154. The number of imide groups is 1. The lowest BCUT2D eigenvalue weighted by Crippen LogP contribution is -2.32. The van der Waals surface area contributed by atoms with Crippen LogP contribution in [0.2, 0.25) is 5.02 Å². The number of amides is 2. The minimum Gasteiger partial charge on any atom is -0.493 e. The standard InChI is InChI=1S/C26H22ClNO7S2/c1-17-8-10-19(11-9-17)34-13-12-28-25(29)23(36-26(28)30)16-18-14-21(27)24(22(15-18)33-2)35-37(31,32)20-6-4-3-5-7-20/h3-11,14-16H,12-13H2,1-2H3/b23-16-. The van der Waals surface area contributed by atoms with Crippen LogP contribution in [-0.2, 0) is 14.9 Å². The van der Waals surface area contributed by atoms with Crippen LogP contribution in [0, 0.1) is 6.92 Å². The number of nitrogens with zero attached hydrogens (tertiary/aromatic N) is 1. The van der Waals surface area contributed by atoms with Gasteiger partial charge in [-0.25, -0.2) is 0 Å². The van der Waals surface area contributed by atoms with Gasteiger partial charge in [-0.3, -0.25) is 14.5 Å². The van der Waals surface area contributed by atoms with Gasteiger partial charge < -0.3 is 13.7 Å². The summed E-state index contributed by atoms with van der Waals surface area (Å²) in [6, 6.07) is 18.0. The van der Waals surface area contributed by atoms with Crippen molar-refractivity contribution in [3.8, 4) is 17.2 Å². The Bertz CT molecular complexity index is 1460. The van der Waals surface area contributed by atoms with Gasteiger partial charge in [0.05, 0.1) is 23.6 Å². The summed E-state index contributed by atoms with van der Waals surface area (Å²) in [5.74, 6) is 0.0338. The molecule has 0 aromatic heterocycles. The van der Waals surface area contributed by atoms with E-state index >= 15 is 0 Å². The van der Waals surface area contributed by atoms with Crippen LogP contribution in [0.15, 0.2) is 76.5 Å². The first-order valence-corrected chi connectivity index (χ1v) is 13.6. The smallest absolute Gasteiger partial charge is 0.339 e. The molecule has 3 aromatic rings. The van der Waals surface area contributed by atoms with E-state index in [2.05, 4.69) is 0 Å². The summed E-state index contributed by atoms with van der Waals surface area (Å²) in [6.45, 7) is 2.20. The molecule has 4 rings (SSSR count). The topological polar surface area (TPSA) is 99.2 Å². The highest BCUT2D eigenvalue weighted by atomic mass is 35.5. The minimum atomic E-state index is -4.16. The first-order valence-electron chi connectivity index (χ1n) is 11.0. The Morgan fingerprint density at radius 1 is 1.03 bits per heavy atom. The molecule has 1 heterocycles. The third kappa shape index (κ3) is 6.27. The molecule has 1 aliphatic heterocycles. The Kier molecular flexibility index (Phi) is 8.11. The molecule has 0 spiro atoms. The highest BCUT2D eigenvalue weighted by molar-refractivity contribution is 8.18. The van der Waals surface area contributed by atoms with E-state index in [9.17, 15) is 18.0 Å². The lowest BCUT2D eigenvalue weighted by atomic mass is 10.2. The van der Waals surface area contributed by atoms with Gasteiger partial charge in [0, 0.05) is 0 Å². The predicted octanol–water partition coefficient (Wildman–Crippen LogP) is 5.54. The van der Waals surface area contributed by atoms with Gasteiger partial charge in [0.1, 0.15) is 17.3 Å². The number of benzene rings is 3. The molecular formula is C26H22ClNO7S2. The molecule has 0 aliphatic carbocycles. The molecule has 0 radical (unpaired) electrons. The van der Waals surface area contributed by atoms with Crippen LogP contribution in [0.4, 0.5) is 4.79 Å². The second-order valence-electron chi connectivity index (χ2n) is 7.88. The zero-order valence-corrected chi connectivity index (χ0v) is 22.2. The Balaban J connectivity index is 1.49. The molecule has 1 saturated heterocycles. The fourth-order valence-corrected chi connectivity index (χ4v) is 5.53. The highest BCUT2D eigenvalue weighted by Gasteiger charge is 2.35. The number of aryl methyl sites for hydroxylation is 1. The van der Waals surface area contributed by atoms with Crippen molar-refractivity contribution in [2.24, 2.45) is 0 Å². The Hall–Kier alpha value is -3.47. The number of rotatable bonds is 9. The van der Waals surface area contributed by atoms with Crippen molar-refractivity contribution in [1.29, 1.82) is 0 Å². The van der Waals surface area contributed by atoms with Crippen molar-refractivity contribution < 1.29 is 31.7 Å². The van der Waals surface area contributed by atoms with Crippen molar-refractivity contribution in [3.63, 3.8) is 0 Å². The summed E-state index contributed by atoms with van der Waals surface area (Å²) in [5.41, 5.74) is 1.52. The van der Waals surface area contributed by atoms with E-state index < -0.39 is 21.3 Å². The van der Waals surface area contributed by atoms with E-state index in [4.69, 9.17) is 25.3 Å². The predicted molar refractivity (Wildman–Crippen MR) is 142 cm³/mol.